The molecular formula is C15H24N2O. The fraction of sp³-hybridized carbons (Fsp3) is 0.533. The van der Waals surface area contributed by atoms with Gasteiger partial charge in [0.2, 0.25) is 5.91 Å². The molecule has 0 fully saturated rings. The normalized spacial score (nSPS) is 11.4. The molecule has 0 aromatic heterocycles. The average molecular weight is 248 g/mol. The van der Waals surface area contributed by atoms with Gasteiger partial charge in [-0.25, -0.2) is 0 Å². The molecule has 1 rings (SSSR count). The van der Waals surface area contributed by atoms with Crippen molar-refractivity contribution in [2.24, 2.45) is 11.1 Å². The second kappa shape index (κ2) is 5.53. The summed E-state index contributed by atoms with van der Waals surface area (Å²) in [5, 5.41) is 0. The zero-order valence-corrected chi connectivity index (χ0v) is 12.1. The summed E-state index contributed by atoms with van der Waals surface area (Å²) < 4.78 is 0. The fourth-order valence-electron chi connectivity index (χ4n) is 1.68. The lowest BCUT2D eigenvalue weighted by Gasteiger charge is -2.26. The van der Waals surface area contributed by atoms with Crippen molar-refractivity contribution in [2.75, 3.05) is 18.5 Å². The molecule has 0 saturated heterocycles. The van der Waals surface area contributed by atoms with Crippen molar-refractivity contribution in [3.8, 4) is 0 Å². The van der Waals surface area contributed by atoms with Gasteiger partial charge in [0.15, 0.2) is 0 Å². The topological polar surface area (TPSA) is 46.3 Å². The minimum atomic E-state index is -0.148. The van der Waals surface area contributed by atoms with Crippen LogP contribution in [-0.2, 0) is 4.79 Å². The molecule has 2 N–H and O–H groups in total. The SMILES string of the molecule is Cc1ccc(N(C)C(=O)CC(C)(C)CN)cc1C. The first-order chi connectivity index (χ1) is 8.26. The third-order valence-electron chi connectivity index (χ3n) is 3.43. The lowest BCUT2D eigenvalue weighted by molar-refractivity contribution is -0.120. The van der Waals surface area contributed by atoms with E-state index in [1.165, 1.54) is 11.1 Å². The number of carbonyl (C=O) groups excluding carboxylic acids is 1. The zero-order chi connectivity index (χ0) is 13.9. The smallest absolute Gasteiger partial charge is 0.227 e. The molecule has 0 heterocycles. The van der Waals surface area contributed by atoms with Crippen LogP contribution in [0.3, 0.4) is 0 Å². The van der Waals surface area contributed by atoms with Gasteiger partial charge >= 0.3 is 0 Å². The van der Waals surface area contributed by atoms with Gasteiger partial charge in [0.05, 0.1) is 0 Å². The molecule has 0 saturated carbocycles. The molecule has 3 nitrogen and oxygen atoms in total. The molecular weight excluding hydrogens is 224 g/mol. The van der Waals surface area contributed by atoms with E-state index >= 15 is 0 Å². The number of hydrogen-bond donors (Lipinski definition) is 1. The number of aryl methyl sites for hydroxylation is 2. The van der Waals surface area contributed by atoms with Gasteiger partial charge in [-0.2, -0.15) is 0 Å². The number of nitrogens with two attached hydrogens (primary N) is 1. The maximum Gasteiger partial charge on any atom is 0.227 e. The molecule has 0 radical (unpaired) electrons. The van der Waals surface area contributed by atoms with E-state index in [1.54, 1.807) is 4.90 Å². The molecule has 0 unspecified atom stereocenters. The number of carbonyl (C=O) groups is 1. The van der Waals surface area contributed by atoms with Gasteiger partial charge in [0.25, 0.3) is 0 Å². The molecule has 1 aromatic rings. The Bertz CT molecular complexity index is 438. The van der Waals surface area contributed by atoms with Crippen LogP contribution in [0.5, 0.6) is 0 Å². The van der Waals surface area contributed by atoms with Crippen LogP contribution in [0.25, 0.3) is 0 Å². The lowest BCUT2D eigenvalue weighted by atomic mass is 9.89. The standard InChI is InChI=1S/C15H24N2O/c1-11-6-7-13(8-12(11)2)17(5)14(18)9-15(3,4)10-16/h6-8H,9-10,16H2,1-5H3. The highest BCUT2D eigenvalue weighted by Gasteiger charge is 2.23. The Labute approximate surface area is 110 Å². The minimum Gasteiger partial charge on any atom is -0.330 e. The number of nitrogens with zero attached hydrogens (tertiary/aromatic N) is 1. The third-order valence-corrected chi connectivity index (χ3v) is 3.43. The quantitative estimate of drug-likeness (QED) is 0.890. The van der Waals surface area contributed by atoms with Crippen molar-refractivity contribution in [3.63, 3.8) is 0 Å². The fourth-order valence-corrected chi connectivity index (χ4v) is 1.68. The zero-order valence-electron chi connectivity index (χ0n) is 12.1. The molecule has 0 aliphatic rings. The predicted octanol–water partition coefficient (Wildman–Crippen LogP) is 2.64. The van der Waals surface area contributed by atoms with Crippen LogP contribution < -0.4 is 10.6 Å². The molecule has 18 heavy (non-hydrogen) atoms. The van der Waals surface area contributed by atoms with Gasteiger partial charge in [-0.15, -0.1) is 0 Å². The van der Waals surface area contributed by atoms with Crippen LogP contribution in [-0.4, -0.2) is 19.5 Å². The molecule has 0 bridgehead atoms. The summed E-state index contributed by atoms with van der Waals surface area (Å²) >= 11 is 0. The lowest BCUT2D eigenvalue weighted by Crippen LogP contribution is -2.34. The highest BCUT2D eigenvalue weighted by atomic mass is 16.2. The van der Waals surface area contributed by atoms with Crippen LogP contribution in [0.2, 0.25) is 0 Å². The van der Waals surface area contributed by atoms with Crippen LogP contribution in [0.4, 0.5) is 5.69 Å². The van der Waals surface area contributed by atoms with E-state index in [4.69, 9.17) is 5.73 Å². The second-order valence-corrected chi connectivity index (χ2v) is 5.77. The van der Waals surface area contributed by atoms with Crippen LogP contribution in [0.15, 0.2) is 18.2 Å². The summed E-state index contributed by atoms with van der Waals surface area (Å²) in [6.07, 6.45) is 0.465. The van der Waals surface area contributed by atoms with Crippen molar-refractivity contribution in [2.45, 2.75) is 34.1 Å². The molecule has 1 amide bonds. The number of benzene rings is 1. The maximum absolute atomic E-state index is 12.2. The molecule has 3 heteroatoms. The molecule has 0 spiro atoms. The number of rotatable bonds is 4. The molecule has 1 aromatic carbocycles. The number of amides is 1. The van der Waals surface area contributed by atoms with Gasteiger partial charge in [-0.05, 0) is 49.1 Å². The van der Waals surface area contributed by atoms with Crippen molar-refractivity contribution in [1.29, 1.82) is 0 Å². The van der Waals surface area contributed by atoms with E-state index in [9.17, 15) is 4.79 Å². The van der Waals surface area contributed by atoms with Gasteiger partial charge in [0.1, 0.15) is 0 Å². The molecule has 0 atom stereocenters. The summed E-state index contributed by atoms with van der Waals surface area (Å²) in [7, 11) is 1.82. The Kier molecular flexibility index (Phi) is 4.52. The van der Waals surface area contributed by atoms with Gasteiger partial charge in [-0.3, -0.25) is 4.79 Å². The maximum atomic E-state index is 12.2. The van der Waals surface area contributed by atoms with E-state index in [1.807, 2.05) is 39.1 Å². The molecule has 0 aliphatic heterocycles. The summed E-state index contributed by atoms with van der Waals surface area (Å²) in [5.74, 6) is 0.105. The number of anilines is 1. The highest BCUT2D eigenvalue weighted by Crippen LogP contribution is 2.23. The average Bonchev–Trinajstić information content (AvgIpc) is 2.31. The minimum absolute atomic E-state index is 0.105. The van der Waals surface area contributed by atoms with Crippen molar-refractivity contribution < 1.29 is 4.79 Å². The molecule has 100 valence electrons. The van der Waals surface area contributed by atoms with E-state index in [2.05, 4.69) is 13.8 Å². The van der Waals surface area contributed by atoms with Gasteiger partial charge in [-0.1, -0.05) is 19.9 Å². The first-order valence-electron chi connectivity index (χ1n) is 6.31. The third kappa shape index (κ3) is 3.57. The van der Waals surface area contributed by atoms with Crippen LogP contribution in [0, 0.1) is 19.3 Å². The van der Waals surface area contributed by atoms with E-state index in [-0.39, 0.29) is 11.3 Å². The van der Waals surface area contributed by atoms with Crippen molar-refractivity contribution >= 4 is 11.6 Å². The van der Waals surface area contributed by atoms with E-state index in [0.29, 0.717) is 13.0 Å². The summed E-state index contributed by atoms with van der Waals surface area (Å²) in [5.41, 5.74) is 8.90. The van der Waals surface area contributed by atoms with Crippen molar-refractivity contribution in [1.82, 2.24) is 0 Å². The first-order valence-corrected chi connectivity index (χ1v) is 6.31. The Morgan fingerprint density at radius 2 is 1.89 bits per heavy atom. The van der Waals surface area contributed by atoms with E-state index in [0.717, 1.165) is 5.69 Å². The first kappa shape index (κ1) is 14.7. The van der Waals surface area contributed by atoms with Gasteiger partial charge < -0.3 is 10.6 Å². The Morgan fingerprint density at radius 3 is 2.39 bits per heavy atom. The highest BCUT2D eigenvalue weighted by molar-refractivity contribution is 5.93. The van der Waals surface area contributed by atoms with Crippen LogP contribution >= 0.6 is 0 Å². The summed E-state index contributed by atoms with van der Waals surface area (Å²) in [4.78, 5) is 13.9. The molecule has 0 aliphatic carbocycles. The van der Waals surface area contributed by atoms with Gasteiger partial charge in [0, 0.05) is 19.2 Å². The second-order valence-electron chi connectivity index (χ2n) is 5.77. The van der Waals surface area contributed by atoms with Crippen molar-refractivity contribution in [3.05, 3.63) is 29.3 Å². The van der Waals surface area contributed by atoms with Crippen LogP contribution in [0.1, 0.15) is 31.4 Å². The number of hydrogen-bond acceptors (Lipinski definition) is 2. The monoisotopic (exact) mass is 248 g/mol. The Hall–Kier alpha value is -1.35. The Balaban J connectivity index is 2.83. The Morgan fingerprint density at radius 1 is 1.28 bits per heavy atom. The summed E-state index contributed by atoms with van der Waals surface area (Å²) in [6, 6.07) is 6.07. The predicted molar refractivity (Wildman–Crippen MR) is 76.8 cm³/mol. The van der Waals surface area contributed by atoms with E-state index < -0.39 is 0 Å². The summed E-state index contributed by atoms with van der Waals surface area (Å²) in [6.45, 7) is 8.66. The largest absolute Gasteiger partial charge is 0.330 e.